The molecule has 0 saturated carbocycles. The van der Waals surface area contributed by atoms with E-state index in [0.29, 0.717) is 32.5 Å². The Balaban J connectivity index is 1.98. The second-order valence-electron chi connectivity index (χ2n) is 4.03. The largest absolute Gasteiger partial charge is 0.394 e. The van der Waals surface area contributed by atoms with Crippen molar-refractivity contribution in [1.82, 2.24) is 5.32 Å². The maximum atomic E-state index is 8.50. The predicted molar refractivity (Wildman–Crippen MR) is 71.6 cm³/mol. The number of hydrogen-bond donors (Lipinski definition) is 2. The van der Waals surface area contributed by atoms with E-state index in [1.54, 1.807) is 0 Å². The van der Waals surface area contributed by atoms with Gasteiger partial charge in [0.1, 0.15) is 0 Å². The Morgan fingerprint density at radius 3 is 2.39 bits per heavy atom. The molecule has 1 rings (SSSR count). The highest BCUT2D eigenvalue weighted by molar-refractivity contribution is 5.17. The predicted octanol–water partition coefficient (Wildman–Crippen LogP) is 1.36. The van der Waals surface area contributed by atoms with Gasteiger partial charge in [-0.05, 0) is 12.5 Å². The van der Waals surface area contributed by atoms with Crippen molar-refractivity contribution in [2.75, 3.05) is 39.6 Å². The first-order chi connectivity index (χ1) is 8.84. The molecule has 0 bridgehead atoms. The molecule has 0 heterocycles. The summed E-state index contributed by atoms with van der Waals surface area (Å²) in [5.74, 6) is 0. The van der Waals surface area contributed by atoms with Gasteiger partial charge in [0.05, 0.1) is 33.0 Å². The van der Waals surface area contributed by atoms with E-state index < -0.39 is 0 Å². The van der Waals surface area contributed by atoms with Crippen LogP contribution >= 0.6 is 0 Å². The van der Waals surface area contributed by atoms with Crippen LogP contribution in [-0.4, -0.2) is 44.7 Å². The Morgan fingerprint density at radius 1 is 1.06 bits per heavy atom. The van der Waals surface area contributed by atoms with Crippen molar-refractivity contribution >= 4 is 0 Å². The maximum Gasteiger partial charge on any atom is 0.0701 e. The first-order valence-corrected chi connectivity index (χ1v) is 6.39. The summed E-state index contributed by atoms with van der Waals surface area (Å²) in [6.07, 6.45) is 0. The Morgan fingerprint density at radius 2 is 1.72 bits per heavy atom. The van der Waals surface area contributed by atoms with Crippen molar-refractivity contribution in [2.45, 2.75) is 13.0 Å². The summed E-state index contributed by atoms with van der Waals surface area (Å²) < 4.78 is 10.5. The van der Waals surface area contributed by atoms with Crippen LogP contribution in [0.5, 0.6) is 0 Å². The maximum absolute atomic E-state index is 8.50. The fraction of sp³-hybridized carbons (Fsp3) is 0.571. The van der Waals surface area contributed by atoms with Gasteiger partial charge in [0.2, 0.25) is 0 Å². The van der Waals surface area contributed by atoms with Crippen LogP contribution in [0.4, 0.5) is 0 Å². The lowest BCUT2D eigenvalue weighted by molar-refractivity contribution is 0.0336. The van der Waals surface area contributed by atoms with E-state index in [1.165, 1.54) is 5.56 Å². The molecule has 1 atom stereocenters. The van der Waals surface area contributed by atoms with Gasteiger partial charge < -0.3 is 19.9 Å². The minimum Gasteiger partial charge on any atom is -0.394 e. The number of benzene rings is 1. The summed E-state index contributed by atoms with van der Waals surface area (Å²) in [4.78, 5) is 0. The number of nitrogens with one attached hydrogen (secondary N) is 1. The van der Waals surface area contributed by atoms with Gasteiger partial charge in [-0.3, -0.25) is 0 Å². The number of rotatable bonds is 10. The van der Waals surface area contributed by atoms with Crippen LogP contribution in [0.15, 0.2) is 30.3 Å². The van der Waals surface area contributed by atoms with E-state index in [1.807, 2.05) is 18.2 Å². The van der Waals surface area contributed by atoms with Crippen molar-refractivity contribution in [3.05, 3.63) is 35.9 Å². The SMILES string of the molecule is C[C@H](NCCOCCOCCO)c1ccccc1. The molecule has 18 heavy (non-hydrogen) atoms. The van der Waals surface area contributed by atoms with Crippen molar-refractivity contribution in [3.63, 3.8) is 0 Å². The van der Waals surface area contributed by atoms with Crippen molar-refractivity contribution in [1.29, 1.82) is 0 Å². The van der Waals surface area contributed by atoms with Gasteiger partial charge in [0, 0.05) is 12.6 Å². The molecular formula is C14H23NO3. The highest BCUT2D eigenvalue weighted by Gasteiger charge is 2.02. The van der Waals surface area contributed by atoms with Crippen LogP contribution in [-0.2, 0) is 9.47 Å². The number of aliphatic hydroxyl groups excluding tert-OH is 1. The second-order valence-corrected chi connectivity index (χ2v) is 4.03. The van der Waals surface area contributed by atoms with E-state index in [-0.39, 0.29) is 6.61 Å². The molecule has 0 spiro atoms. The van der Waals surface area contributed by atoms with Crippen LogP contribution in [0.2, 0.25) is 0 Å². The van der Waals surface area contributed by atoms with Crippen molar-refractivity contribution in [2.24, 2.45) is 0 Å². The first-order valence-electron chi connectivity index (χ1n) is 6.39. The lowest BCUT2D eigenvalue weighted by Crippen LogP contribution is -2.23. The number of ether oxygens (including phenoxy) is 2. The third-order valence-corrected chi connectivity index (χ3v) is 2.60. The quantitative estimate of drug-likeness (QED) is 0.618. The summed E-state index contributed by atoms with van der Waals surface area (Å²) in [6, 6.07) is 10.7. The normalized spacial score (nSPS) is 12.6. The molecule has 0 aromatic heterocycles. The van der Waals surface area contributed by atoms with Crippen molar-refractivity contribution < 1.29 is 14.6 Å². The molecule has 0 aliphatic heterocycles. The molecule has 0 unspecified atom stereocenters. The van der Waals surface area contributed by atoms with Crippen LogP contribution in [0.25, 0.3) is 0 Å². The Bertz CT molecular complexity index is 292. The second kappa shape index (κ2) is 10.0. The van der Waals surface area contributed by atoms with E-state index >= 15 is 0 Å². The van der Waals surface area contributed by atoms with Crippen molar-refractivity contribution in [3.8, 4) is 0 Å². The fourth-order valence-electron chi connectivity index (χ4n) is 1.59. The molecule has 102 valence electrons. The third-order valence-electron chi connectivity index (χ3n) is 2.60. The third kappa shape index (κ3) is 6.71. The molecular weight excluding hydrogens is 230 g/mol. The van der Waals surface area contributed by atoms with E-state index in [4.69, 9.17) is 14.6 Å². The summed E-state index contributed by atoms with van der Waals surface area (Å²) in [7, 11) is 0. The molecule has 0 aliphatic rings. The number of hydrogen-bond acceptors (Lipinski definition) is 4. The van der Waals surface area contributed by atoms with Gasteiger partial charge in [0.15, 0.2) is 0 Å². The van der Waals surface area contributed by atoms with E-state index in [0.717, 1.165) is 6.54 Å². The zero-order chi connectivity index (χ0) is 13.1. The minimum absolute atomic E-state index is 0.0656. The lowest BCUT2D eigenvalue weighted by Gasteiger charge is -2.14. The molecule has 0 amide bonds. The summed E-state index contributed by atoms with van der Waals surface area (Å²) in [6.45, 7) is 5.18. The summed E-state index contributed by atoms with van der Waals surface area (Å²) >= 11 is 0. The highest BCUT2D eigenvalue weighted by atomic mass is 16.5. The average molecular weight is 253 g/mol. The molecule has 0 fully saturated rings. The molecule has 2 N–H and O–H groups in total. The van der Waals surface area contributed by atoms with Gasteiger partial charge >= 0.3 is 0 Å². The molecule has 4 nitrogen and oxygen atoms in total. The summed E-state index contributed by atoms with van der Waals surface area (Å²) in [5.41, 5.74) is 1.28. The zero-order valence-electron chi connectivity index (χ0n) is 11.0. The highest BCUT2D eigenvalue weighted by Crippen LogP contribution is 2.10. The number of aliphatic hydroxyl groups is 1. The molecule has 0 radical (unpaired) electrons. The van der Waals surface area contributed by atoms with Gasteiger partial charge in [-0.25, -0.2) is 0 Å². The van der Waals surface area contributed by atoms with Gasteiger partial charge in [0.25, 0.3) is 0 Å². The van der Waals surface area contributed by atoms with E-state index in [9.17, 15) is 0 Å². The standard InChI is InChI=1S/C14H23NO3/c1-13(14-5-3-2-4-6-14)15-7-9-17-11-12-18-10-8-16/h2-6,13,15-16H,7-12H2,1H3/t13-/m0/s1. The minimum atomic E-state index is 0.0656. The molecule has 4 heteroatoms. The van der Waals surface area contributed by atoms with Crippen LogP contribution in [0.3, 0.4) is 0 Å². The summed E-state index contributed by atoms with van der Waals surface area (Å²) in [5, 5.41) is 11.9. The Kier molecular flexibility index (Phi) is 8.42. The van der Waals surface area contributed by atoms with Crippen LogP contribution in [0, 0.1) is 0 Å². The molecule has 0 aliphatic carbocycles. The van der Waals surface area contributed by atoms with Gasteiger partial charge in [-0.1, -0.05) is 30.3 Å². The smallest absolute Gasteiger partial charge is 0.0701 e. The topological polar surface area (TPSA) is 50.7 Å². The molecule has 1 aromatic rings. The molecule has 1 aromatic carbocycles. The Hall–Kier alpha value is -0.940. The van der Waals surface area contributed by atoms with Gasteiger partial charge in [-0.2, -0.15) is 0 Å². The monoisotopic (exact) mass is 253 g/mol. The van der Waals surface area contributed by atoms with E-state index in [2.05, 4.69) is 24.4 Å². The fourth-order valence-corrected chi connectivity index (χ4v) is 1.59. The molecule has 0 saturated heterocycles. The lowest BCUT2D eigenvalue weighted by atomic mass is 10.1. The van der Waals surface area contributed by atoms with Crippen LogP contribution < -0.4 is 5.32 Å². The van der Waals surface area contributed by atoms with Gasteiger partial charge in [-0.15, -0.1) is 0 Å². The average Bonchev–Trinajstić information content (AvgIpc) is 2.42. The zero-order valence-corrected chi connectivity index (χ0v) is 11.0. The first kappa shape index (κ1) is 15.1. The van der Waals surface area contributed by atoms with Crippen LogP contribution in [0.1, 0.15) is 18.5 Å². The Labute approximate surface area is 109 Å².